The van der Waals surface area contributed by atoms with Crippen LogP contribution in [0.15, 0.2) is 48.5 Å². The molecule has 1 heterocycles. The van der Waals surface area contributed by atoms with Gasteiger partial charge in [0, 0.05) is 32.2 Å². The lowest BCUT2D eigenvalue weighted by Gasteiger charge is -2.21. The Balaban J connectivity index is 1.56. The van der Waals surface area contributed by atoms with E-state index >= 15 is 0 Å². The molecule has 1 saturated heterocycles. The van der Waals surface area contributed by atoms with Gasteiger partial charge in [-0.25, -0.2) is 0 Å². The van der Waals surface area contributed by atoms with Gasteiger partial charge in [0.05, 0.1) is 12.5 Å². The van der Waals surface area contributed by atoms with Crippen LogP contribution in [0.5, 0.6) is 0 Å². The van der Waals surface area contributed by atoms with E-state index < -0.39 is 5.92 Å². The molecular weight excluding hydrogens is 366 g/mol. The minimum Gasteiger partial charge on any atom is -0.338 e. The van der Waals surface area contributed by atoms with Gasteiger partial charge in [0.1, 0.15) is 0 Å². The third-order valence-electron chi connectivity index (χ3n) is 5.28. The maximum absolute atomic E-state index is 12.8. The molecule has 6 nitrogen and oxygen atoms in total. The van der Waals surface area contributed by atoms with E-state index in [0.717, 1.165) is 22.4 Å². The average Bonchev–Trinajstić information content (AvgIpc) is 3.05. The molecule has 3 rings (SSSR count). The molecule has 2 aromatic rings. The second-order valence-corrected chi connectivity index (χ2v) is 7.67. The molecule has 2 aromatic carbocycles. The fraction of sp³-hybridized carbons (Fsp3) is 0.348. The summed E-state index contributed by atoms with van der Waals surface area (Å²) < 4.78 is 0. The summed E-state index contributed by atoms with van der Waals surface area (Å²) in [6.07, 6.45) is 0.189. The second kappa shape index (κ2) is 8.90. The van der Waals surface area contributed by atoms with Crippen molar-refractivity contribution in [3.05, 3.63) is 65.2 Å². The largest absolute Gasteiger partial charge is 0.338 e. The number of hydrogen-bond donors (Lipinski definition) is 1. The maximum Gasteiger partial charge on any atom is 0.243 e. The molecule has 1 fully saturated rings. The van der Waals surface area contributed by atoms with Crippen LogP contribution in [0.25, 0.3) is 0 Å². The molecule has 6 heteroatoms. The smallest absolute Gasteiger partial charge is 0.243 e. The monoisotopic (exact) mass is 393 g/mol. The van der Waals surface area contributed by atoms with E-state index in [1.54, 1.807) is 11.9 Å². The van der Waals surface area contributed by atoms with Crippen LogP contribution < -0.4 is 5.32 Å². The van der Waals surface area contributed by atoms with Crippen molar-refractivity contribution in [2.75, 3.05) is 25.5 Å². The molecule has 0 bridgehead atoms. The first-order valence-electron chi connectivity index (χ1n) is 9.78. The van der Waals surface area contributed by atoms with Gasteiger partial charge in [-0.15, -0.1) is 0 Å². The number of carbonyl (C=O) groups is 3. The Bertz CT molecular complexity index is 891. The van der Waals surface area contributed by atoms with Crippen molar-refractivity contribution in [1.82, 2.24) is 9.80 Å². The van der Waals surface area contributed by atoms with Crippen molar-refractivity contribution in [3.63, 3.8) is 0 Å². The lowest BCUT2D eigenvalue weighted by Crippen LogP contribution is -2.39. The molecule has 0 aromatic heterocycles. The van der Waals surface area contributed by atoms with Gasteiger partial charge in [0.2, 0.25) is 17.7 Å². The Hall–Kier alpha value is -3.15. The Morgan fingerprint density at radius 2 is 1.72 bits per heavy atom. The SMILES string of the molecule is Cc1cccc(C)c1NC(=O)CN(C)C(=O)[C@@H]1CC(=O)N(Cc2ccccc2)C1. The fourth-order valence-corrected chi connectivity index (χ4v) is 3.69. The highest BCUT2D eigenvalue weighted by Crippen LogP contribution is 2.22. The number of anilines is 1. The number of nitrogens with zero attached hydrogens (tertiary/aromatic N) is 2. The molecule has 1 aliphatic heterocycles. The van der Waals surface area contributed by atoms with Crippen molar-refractivity contribution in [3.8, 4) is 0 Å². The molecule has 0 spiro atoms. The number of para-hydroxylation sites is 1. The molecule has 1 N–H and O–H groups in total. The van der Waals surface area contributed by atoms with Crippen LogP contribution in [0, 0.1) is 19.8 Å². The van der Waals surface area contributed by atoms with Crippen molar-refractivity contribution < 1.29 is 14.4 Å². The van der Waals surface area contributed by atoms with Gasteiger partial charge in [0.15, 0.2) is 0 Å². The molecule has 0 radical (unpaired) electrons. The standard InChI is InChI=1S/C23H27N3O3/c1-16-8-7-9-17(2)22(16)24-20(27)15-25(3)23(29)19-12-21(28)26(14-19)13-18-10-5-4-6-11-18/h4-11,19H,12-15H2,1-3H3,(H,24,27)/t19-/m1/s1. The highest BCUT2D eigenvalue weighted by molar-refractivity contribution is 5.97. The quantitative estimate of drug-likeness (QED) is 0.820. The summed E-state index contributed by atoms with van der Waals surface area (Å²) in [6.45, 7) is 4.71. The highest BCUT2D eigenvalue weighted by atomic mass is 16.2. The lowest BCUT2D eigenvalue weighted by atomic mass is 10.1. The zero-order valence-corrected chi connectivity index (χ0v) is 17.1. The van der Waals surface area contributed by atoms with E-state index in [-0.39, 0.29) is 30.7 Å². The first-order chi connectivity index (χ1) is 13.8. The summed E-state index contributed by atoms with van der Waals surface area (Å²) in [4.78, 5) is 40.7. The minimum atomic E-state index is -0.413. The third-order valence-corrected chi connectivity index (χ3v) is 5.28. The van der Waals surface area contributed by atoms with Gasteiger partial charge in [-0.05, 0) is 30.5 Å². The number of likely N-dealkylation sites (tertiary alicyclic amines) is 1. The van der Waals surface area contributed by atoms with E-state index in [1.807, 2.05) is 62.4 Å². The fourth-order valence-electron chi connectivity index (χ4n) is 3.69. The Morgan fingerprint density at radius 1 is 1.07 bits per heavy atom. The Kier molecular flexibility index (Phi) is 6.32. The predicted octanol–water partition coefficient (Wildman–Crippen LogP) is 2.75. The van der Waals surface area contributed by atoms with Crippen LogP contribution in [0.2, 0.25) is 0 Å². The molecule has 1 atom stereocenters. The molecular formula is C23H27N3O3. The molecule has 29 heavy (non-hydrogen) atoms. The predicted molar refractivity (Wildman–Crippen MR) is 112 cm³/mol. The van der Waals surface area contributed by atoms with Crippen molar-refractivity contribution in [2.45, 2.75) is 26.8 Å². The molecule has 3 amide bonds. The van der Waals surface area contributed by atoms with Crippen molar-refractivity contribution in [1.29, 1.82) is 0 Å². The summed E-state index contributed by atoms with van der Waals surface area (Å²) in [7, 11) is 1.61. The van der Waals surface area contributed by atoms with E-state index in [9.17, 15) is 14.4 Å². The average molecular weight is 393 g/mol. The van der Waals surface area contributed by atoms with E-state index in [1.165, 1.54) is 4.90 Å². The summed E-state index contributed by atoms with van der Waals surface area (Å²) in [5.74, 6) is -0.862. The van der Waals surface area contributed by atoms with Gasteiger partial charge in [-0.1, -0.05) is 48.5 Å². The van der Waals surface area contributed by atoms with Crippen LogP contribution in [0.4, 0.5) is 5.69 Å². The number of amides is 3. The van der Waals surface area contributed by atoms with Crippen LogP contribution in [0.1, 0.15) is 23.1 Å². The number of benzene rings is 2. The van der Waals surface area contributed by atoms with Crippen LogP contribution >= 0.6 is 0 Å². The van der Waals surface area contributed by atoms with Crippen molar-refractivity contribution in [2.24, 2.45) is 5.92 Å². The number of rotatable bonds is 6. The van der Waals surface area contributed by atoms with E-state index in [2.05, 4.69) is 5.32 Å². The number of hydrogen-bond acceptors (Lipinski definition) is 3. The zero-order chi connectivity index (χ0) is 21.0. The molecule has 0 unspecified atom stereocenters. The van der Waals surface area contributed by atoms with Gasteiger partial charge in [0.25, 0.3) is 0 Å². The van der Waals surface area contributed by atoms with Gasteiger partial charge in [-0.3, -0.25) is 14.4 Å². The summed E-state index contributed by atoms with van der Waals surface area (Å²) in [5.41, 5.74) is 3.77. The van der Waals surface area contributed by atoms with E-state index in [4.69, 9.17) is 0 Å². The summed E-state index contributed by atoms with van der Waals surface area (Å²) in [6, 6.07) is 15.5. The maximum atomic E-state index is 12.8. The second-order valence-electron chi connectivity index (χ2n) is 7.67. The molecule has 1 aliphatic rings. The normalized spacial score (nSPS) is 16.0. The van der Waals surface area contributed by atoms with Crippen LogP contribution in [-0.4, -0.2) is 47.7 Å². The van der Waals surface area contributed by atoms with Crippen molar-refractivity contribution >= 4 is 23.4 Å². The Labute approximate surface area is 171 Å². The van der Waals surface area contributed by atoms with Gasteiger partial charge in [-0.2, -0.15) is 0 Å². The highest BCUT2D eigenvalue weighted by Gasteiger charge is 2.36. The van der Waals surface area contributed by atoms with E-state index in [0.29, 0.717) is 13.1 Å². The number of aryl methyl sites for hydroxylation is 2. The first-order valence-corrected chi connectivity index (χ1v) is 9.78. The number of carbonyl (C=O) groups excluding carboxylic acids is 3. The zero-order valence-electron chi connectivity index (χ0n) is 17.1. The summed E-state index contributed by atoms with van der Waals surface area (Å²) in [5, 5.41) is 2.89. The van der Waals surface area contributed by atoms with Gasteiger partial charge < -0.3 is 15.1 Å². The van der Waals surface area contributed by atoms with Gasteiger partial charge >= 0.3 is 0 Å². The molecule has 152 valence electrons. The summed E-state index contributed by atoms with van der Waals surface area (Å²) >= 11 is 0. The van der Waals surface area contributed by atoms with Crippen LogP contribution in [0.3, 0.4) is 0 Å². The molecule has 0 saturated carbocycles. The number of likely N-dealkylation sites (N-methyl/N-ethyl adjacent to an activating group) is 1. The topological polar surface area (TPSA) is 69.7 Å². The molecule has 0 aliphatic carbocycles. The number of nitrogens with one attached hydrogen (secondary N) is 1. The minimum absolute atomic E-state index is 0.0272. The third kappa shape index (κ3) is 5.02. The Morgan fingerprint density at radius 3 is 2.38 bits per heavy atom. The lowest BCUT2D eigenvalue weighted by molar-refractivity contribution is -0.137. The first kappa shape index (κ1) is 20.6. The van der Waals surface area contributed by atoms with Crippen LogP contribution in [-0.2, 0) is 20.9 Å².